The fraction of sp³-hybridized carbons (Fsp3) is 0.625. The van der Waals surface area contributed by atoms with E-state index in [2.05, 4.69) is 30.9 Å². The maximum absolute atomic E-state index is 6.17. The molecule has 3 atom stereocenters. The normalized spacial score (nSPS) is 25.2. The molecular weight excluding hydrogens is 236 g/mol. The smallest absolute Gasteiger partial charge is 0.125 e. The number of hydrogen-bond acceptors (Lipinski definition) is 3. The van der Waals surface area contributed by atoms with E-state index in [1.54, 1.807) is 7.11 Å². The van der Waals surface area contributed by atoms with Crippen molar-refractivity contribution in [3.8, 4) is 5.75 Å². The van der Waals surface area contributed by atoms with Crippen molar-refractivity contribution in [3.63, 3.8) is 0 Å². The van der Waals surface area contributed by atoms with Gasteiger partial charge in [0.25, 0.3) is 0 Å². The number of piperidine rings is 1. The molecule has 3 nitrogen and oxygen atoms in total. The van der Waals surface area contributed by atoms with Crippen LogP contribution in [0.2, 0.25) is 0 Å². The molecule has 2 rings (SSSR count). The lowest BCUT2D eigenvalue weighted by Gasteiger charge is -2.41. The standard InChI is InChI=1S/C16H26N2O/c1-11-7-6-10-18(13(11)3)14-8-5-9-15(19-4)16(14)12(2)17/h5,8-9,11-13H,6-7,10,17H2,1-4H3/t11?,12-,13?/m1/s1. The number of anilines is 1. The highest BCUT2D eigenvalue weighted by atomic mass is 16.5. The summed E-state index contributed by atoms with van der Waals surface area (Å²) in [6, 6.07) is 6.77. The summed E-state index contributed by atoms with van der Waals surface area (Å²) in [6.07, 6.45) is 2.57. The molecule has 1 aliphatic rings. The molecule has 0 bridgehead atoms. The summed E-state index contributed by atoms with van der Waals surface area (Å²) in [5.41, 5.74) is 8.55. The highest BCUT2D eigenvalue weighted by Crippen LogP contribution is 2.37. The summed E-state index contributed by atoms with van der Waals surface area (Å²) in [6.45, 7) is 7.79. The first-order chi connectivity index (χ1) is 9.06. The van der Waals surface area contributed by atoms with Gasteiger partial charge >= 0.3 is 0 Å². The molecule has 0 aliphatic carbocycles. The van der Waals surface area contributed by atoms with Crippen LogP contribution >= 0.6 is 0 Å². The van der Waals surface area contributed by atoms with Gasteiger partial charge in [0.15, 0.2) is 0 Å². The largest absolute Gasteiger partial charge is 0.496 e. The van der Waals surface area contributed by atoms with Crippen LogP contribution in [0.4, 0.5) is 5.69 Å². The quantitative estimate of drug-likeness (QED) is 0.908. The molecule has 1 aromatic carbocycles. The molecule has 1 heterocycles. The van der Waals surface area contributed by atoms with Gasteiger partial charge in [0, 0.05) is 29.9 Å². The van der Waals surface area contributed by atoms with Gasteiger partial charge in [-0.2, -0.15) is 0 Å². The number of methoxy groups -OCH3 is 1. The third-order valence-electron chi connectivity index (χ3n) is 4.40. The lowest BCUT2D eigenvalue weighted by atomic mass is 9.90. The van der Waals surface area contributed by atoms with E-state index in [1.807, 2.05) is 13.0 Å². The number of ether oxygens (including phenoxy) is 1. The summed E-state index contributed by atoms with van der Waals surface area (Å²) < 4.78 is 5.49. The first-order valence-corrected chi connectivity index (χ1v) is 7.25. The molecule has 0 spiro atoms. The first-order valence-electron chi connectivity index (χ1n) is 7.25. The Morgan fingerprint density at radius 1 is 1.37 bits per heavy atom. The van der Waals surface area contributed by atoms with Gasteiger partial charge in [-0.3, -0.25) is 0 Å². The summed E-state index contributed by atoms with van der Waals surface area (Å²) in [7, 11) is 1.72. The lowest BCUT2D eigenvalue weighted by Crippen LogP contribution is -2.43. The first kappa shape index (κ1) is 14.2. The molecule has 3 heteroatoms. The number of hydrogen-bond donors (Lipinski definition) is 1. The zero-order valence-corrected chi connectivity index (χ0v) is 12.5. The summed E-state index contributed by atoms with van der Waals surface area (Å²) in [5, 5.41) is 0. The summed E-state index contributed by atoms with van der Waals surface area (Å²) >= 11 is 0. The Bertz CT molecular complexity index is 431. The molecule has 0 aromatic heterocycles. The van der Waals surface area contributed by atoms with Crippen molar-refractivity contribution in [3.05, 3.63) is 23.8 Å². The van der Waals surface area contributed by atoms with Crippen LogP contribution in [-0.4, -0.2) is 19.7 Å². The second kappa shape index (κ2) is 5.83. The fourth-order valence-electron chi connectivity index (χ4n) is 3.09. The summed E-state index contributed by atoms with van der Waals surface area (Å²) in [4.78, 5) is 2.50. The van der Waals surface area contributed by atoms with Crippen molar-refractivity contribution in [2.75, 3.05) is 18.6 Å². The van der Waals surface area contributed by atoms with Crippen LogP contribution in [0.3, 0.4) is 0 Å². The minimum atomic E-state index is -0.0180. The average Bonchev–Trinajstić information content (AvgIpc) is 2.40. The van der Waals surface area contributed by atoms with E-state index >= 15 is 0 Å². The molecule has 106 valence electrons. The van der Waals surface area contributed by atoms with Crippen molar-refractivity contribution < 1.29 is 4.74 Å². The Balaban J connectivity index is 2.43. The van der Waals surface area contributed by atoms with E-state index < -0.39 is 0 Å². The monoisotopic (exact) mass is 262 g/mol. The van der Waals surface area contributed by atoms with E-state index in [-0.39, 0.29) is 6.04 Å². The topological polar surface area (TPSA) is 38.5 Å². The Kier molecular flexibility index (Phi) is 4.35. The lowest BCUT2D eigenvalue weighted by molar-refractivity contribution is 0.361. The van der Waals surface area contributed by atoms with Crippen molar-refractivity contribution >= 4 is 5.69 Å². The van der Waals surface area contributed by atoms with Crippen LogP contribution in [0.25, 0.3) is 0 Å². The second-order valence-electron chi connectivity index (χ2n) is 5.74. The van der Waals surface area contributed by atoms with Gasteiger partial charge in [-0.25, -0.2) is 0 Å². The molecule has 19 heavy (non-hydrogen) atoms. The van der Waals surface area contributed by atoms with E-state index in [4.69, 9.17) is 10.5 Å². The molecule has 2 unspecified atom stereocenters. The van der Waals surface area contributed by atoms with E-state index in [0.29, 0.717) is 6.04 Å². The third kappa shape index (κ3) is 2.71. The molecular formula is C16H26N2O. The van der Waals surface area contributed by atoms with Crippen molar-refractivity contribution in [1.29, 1.82) is 0 Å². The van der Waals surface area contributed by atoms with Crippen molar-refractivity contribution in [2.45, 2.75) is 45.7 Å². The third-order valence-corrected chi connectivity index (χ3v) is 4.40. The zero-order valence-electron chi connectivity index (χ0n) is 12.5. The SMILES string of the molecule is COc1cccc(N2CCCC(C)C2C)c1[C@@H](C)N. The maximum atomic E-state index is 6.17. The van der Waals surface area contributed by atoms with Gasteiger partial charge in [0.05, 0.1) is 7.11 Å². The van der Waals surface area contributed by atoms with Crippen LogP contribution in [0.5, 0.6) is 5.75 Å². The van der Waals surface area contributed by atoms with Gasteiger partial charge in [-0.1, -0.05) is 13.0 Å². The summed E-state index contributed by atoms with van der Waals surface area (Å²) in [5.74, 6) is 1.62. The van der Waals surface area contributed by atoms with Crippen LogP contribution in [0, 0.1) is 5.92 Å². The van der Waals surface area contributed by atoms with Crippen LogP contribution in [0.1, 0.15) is 45.2 Å². The van der Waals surface area contributed by atoms with Crippen molar-refractivity contribution in [2.24, 2.45) is 11.7 Å². The van der Waals surface area contributed by atoms with Gasteiger partial charge in [0.2, 0.25) is 0 Å². The number of nitrogens with zero attached hydrogens (tertiary/aromatic N) is 1. The minimum absolute atomic E-state index is 0.0180. The molecule has 2 N–H and O–H groups in total. The van der Waals surface area contributed by atoms with E-state index in [1.165, 1.54) is 18.5 Å². The van der Waals surface area contributed by atoms with Crippen LogP contribution in [0.15, 0.2) is 18.2 Å². The van der Waals surface area contributed by atoms with Gasteiger partial charge in [-0.05, 0) is 44.7 Å². The predicted molar refractivity (Wildman–Crippen MR) is 80.8 cm³/mol. The Morgan fingerprint density at radius 3 is 2.74 bits per heavy atom. The molecule has 1 aliphatic heterocycles. The fourth-order valence-corrected chi connectivity index (χ4v) is 3.09. The molecule has 1 aromatic rings. The molecule has 0 amide bonds. The maximum Gasteiger partial charge on any atom is 0.125 e. The molecule has 1 fully saturated rings. The Morgan fingerprint density at radius 2 is 2.11 bits per heavy atom. The Labute approximate surface area is 116 Å². The minimum Gasteiger partial charge on any atom is -0.496 e. The number of benzene rings is 1. The van der Waals surface area contributed by atoms with Gasteiger partial charge in [-0.15, -0.1) is 0 Å². The van der Waals surface area contributed by atoms with E-state index in [9.17, 15) is 0 Å². The second-order valence-corrected chi connectivity index (χ2v) is 5.74. The number of rotatable bonds is 3. The van der Waals surface area contributed by atoms with Crippen LogP contribution < -0.4 is 15.4 Å². The highest BCUT2D eigenvalue weighted by molar-refractivity contribution is 5.61. The van der Waals surface area contributed by atoms with Gasteiger partial charge in [0.1, 0.15) is 5.75 Å². The highest BCUT2D eigenvalue weighted by Gasteiger charge is 2.27. The molecule has 1 saturated heterocycles. The van der Waals surface area contributed by atoms with Crippen molar-refractivity contribution in [1.82, 2.24) is 0 Å². The van der Waals surface area contributed by atoms with Crippen LogP contribution in [-0.2, 0) is 0 Å². The van der Waals surface area contributed by atoms with E-state index in [0.717, 1.165) is 23.8 Å². The average molecular weight is 262 g/mol. The predicted octanol–water partition coefficient (Wildman–Crippen LogP) is 3.34. The van der Waals surface area contributed by atoms with Gasteiger partial charge < -0.3 is 15.4 Å². The number of nitrogens with two attached hydrogens (primary N) is 1. The molecule has 0 radical (unpaired) electrons. The zero-order chi connectivity index (χ0) is 14.0. The Hall–Kier alpha value is -1.22. The molecule has 0 saturated carbocycles.